The van der Waals surface area contributed by atoms with E-state index in [-0.39, 0.29) is 11.8 Å². The average Bonchev–Trinajstić information content (AvgIpc) is 2.85. The van der Waals surface area contributed by atoms with Gasteiger partial charge in [0.25, 0.3) is 5.91 Å². The van der Waals surface area contributed by atoms with Gasteiger partial charge in [-0.2, -0.15) is 5.10 Å². The first-order valence-electron chi connectivity index (χ1n) is 8.95. The molecular weight excluding hydrogens is 416 g/mol. The van der Waals surface area contributed by atoms with Crippen LogP contribution < -0.4 is 0 Å². The van der Waals surface area contributed by atoms with Gasteiger partial charge in [0.05, 0.1) is 10.2 Å². The first-order chi connectivity index (χ1) is 12.5. The molecule has 1 fully saturated rings. The number of benzene rings is 1. The molecule has 26 heavy (non-hydrogen) atoms. The first-order valence-corrected chi connectivity index (χ1v) is 10.1. The molecule has 1 amide bonds. The number of aromatic amines is 1. The fraction of sp³-hybridized carbons (Fsp3) is 0.474. The molecule has 140 valence electrons. The summed E-state index contributed by atoms with van der Waals surface area (Å²) >= 11 is 9.49. The molecule has 0 aliphatic carbocycles. The van der Waals surface area contributed by atoms with Gasteiger partial charge in [-0.05, 0) is 46.0 Å². The Hall–Kier alpha value is -1.37. The third-order valence-electron chi connectivity index (χ3n) is 4.71. The smallest absolute Gasteiger partial charge is 0.275 e. The summed E-state index contributed by atoms with van der Waals surface area (Å²) in [6.45, 7) is 8.33. The average molecular weight is 440 g/mol. The molecule has 0 spiro atoms. The number of nitrogens with one attached hydrogen (secondary N) is 1. The van der Waals surface area contributed by atoms with Gasteiger partial charge in [0, 0.05) is 37.7 Å². The molecule has 0 bridgehead atoms. The van der Waals surface area contributed by atoms with Crippen molar-refractivity contribution in [1.82, 2.24) is 20.0 Å². The van der Waals surface area contributed by atoms with Crippen molar-refractivity contribution in [2.24, 2.45) is 0 Å². The molecule has 3 rings (SSSR count). The normalized spacial score (nSPS) is 16.1. The minimum absolute atomic E-state index is 0.00614. The van der Waals surface area contributed by atoms with E-state index in [4.69, 9.17) is 11.6 Å². The Morgan fingerprint density at radius 2 is 1.96 bits per heavy atom. The largest absolute Gasteiger partial charge is 0.336 e. The molecule has 1 saturated heterocycles. The van der Waals surface area contributed by atoms with Crippen molar-refractivity contribution in [2.45, 2.75) is 32.7 Å². The standard InChI is InChI=1S/C19H24BrClN4O/c1-13(2)17-16(20)18(23-22-17)19(26)25-9-3-8-24(10-11-25)12-14-4-6-15(21)7-5-14/h4-7,13H,3,8-12H2,1-2H3,(H,22,23). The SMILES string of the molecule is CC(C)c1[nH]nc(C(=O)N2CCCN(Cc3ccc(Cl)cc3)CC2)c1Br. The molecule has 5 nitrogen and oxygen atoms in total. The Morgan fingerprint density at radius 3 is 2.62 bits per heavy atom. The Labute approximate surface area is 167 Å². The number of hydrogen-bond donors (Lipinski definition) is 1. The molecule has 0 saturated carbocycles. The third kappa shape index (κ3) is 4.48. The second-order valence-electron chi connectivity index (χ2n) is 7.00. The van der Waals surface area contributed by atoms with Gasteiger partial charge >= 0.3 is 0 Å². The molecule has 1 aliphatic heterocycles. The zero-order valence-corrected chi connectivity index (χ0v) is 17.5. The fourth-order valence-electron chi connectivity index (χ4n) is 3.20. The predicted octanol–water partition coefficient (Wildman–Crippen LogP) is 4.30. The number of hydrogen-bond acceptors (Lipinski definition) is 3. The number of rotatable bonds is 4. The maximum Gasteiger partial charge on any atom is 0.275 e. The Kier molecular flexibility index (Phi) is 6.37. The molecule has 1 aromatic heterocycles. The zero-order chi connectivity index (χ0) is 18.7. The number of amides is 1. The summed E-state index contributed by atoms with van der Waals surface area (Å²) in [6.07, 6.45) is 0.957. The van der Waals surface area contributed by atoms with E-state index in [2.05, 4.69) is 57.0 Å². The lowest BCUT2D eigenvalue weighted by atomic mass is 10.1. The second-order valence-corrected chi connectivity index (χ2v) is 8.23. The van der Waals surface area contributed by atoms with Crippen LogP contribution in [0.4, 0.5) is 0 Å². The van der Waals surface area contributed by atoms with E-state index >= 15 is 0 Å². The molecule has 0 radical (unpaired) electrons. The summed E-state index contributed by atoms with van der Waals surface area (Å²) in [5.74, 6) is 0.283. The van der Waals surface area contributed by atoms with Crippen LogP contribution in [-0.2, 0) is 6.54 Å². The second kappa shape index (κ2) is 8.55. The van der Waals surface area contributed by atoms with E-state index in [0.717, 1.165) is 47.8 Å². The van der Waals surface area contributed by atoms with Crippen molar-refractivity contribution in [2.75, 3.05) is 26.2 Å². The number of H-pyrrole nitrogens is 1. The van der Waals surface area contributed by atoms with Crippen LogP contribution in [0.1, 0.15) is 47.9 Å². The molecule has 1 N–H and O–H groups in total. The zero-order valence-electron chi connectivity index (χ0n) is 15.1. The lowest BCUT2D eigenvalue weighted by Gasteiger charge is -2.21. The quantitative estimate of drug-likeness (QED) is 0.773. The van der Waals surface area contributed by atoms with Crippen molar-refractivity contribution in [3.8, 4) is 0 Å². The van der Waals surface area contributed by atoms with Crippen molar-refractivity contribution in [1.29, 1.82) is 0 Å². The summed E-state index contributed by atoms with van der Waals surface area (Å²) in [7, 11) is 0. The molecule has 1 aliphatic rings. The van der Waals surface area contributed by atoms with E-state index < -0.39 is 0 Å². The number of carbonyl (C=O) groups excluding carboxylic acids is 1. The van der Waals surface area contributed by atoms with Crippen LogP contribution in [0.25, 0.3) is 0 Å². The van der Waals surface area contributed by atoms with Gasteiger partial charge in [-0.25, -0.2) is 0 Å². The highest BCUT2D eigenvalue weighted by Gasteiger charge is 2.26. The van der Waals surface area contributed by atoms with E-state index in [1.54, 1.807) is 0 Å². The van der Waals surface area contributed by atoms with Crippen LogP contribution in [0, 0.1) is 0 Å². The monoisotopic (exact) mass is 438 g/mol. The van der Waals surface area contributed by atoms with Crippen LogP contribution in [0.15, 0.2) is 28.7 Å². The van der Waals surface area contributed by atoms with Gasteiger partial charge in [-0.15, -0.1) is 0 Å². The van der Waals surface area contributed by atoms with Gasteiger partial charge in [-0.3, -0.25) is 14.8 Å². The molecule has 0 atom stereocenters. The van der Waals surface area contributed by atoms with Crippen molar-refractivity contribution in [3.05, 3.63) is 50.7 Å². The molecule has 7 heteroatoms. The lowest BCUT2D eigenvalue weighted by molar-refractivity contribution is 0.0754. The third-order valence-corrected chi connectivity index (χ3v) is 5.76. The lowest BCUT2D eigenvalue weighted by Crippen LogP contribution is -2.35. The minimum atomic E-state index is -0.00614. The molecule has 0 unspecified atom stereocenters. The van der Waals surface area contributed by atoms with Crippen LogP contribution in [0.5, 0.6) is 0 Å². The summed E-state index contributed by atoms with van der Waals surface area (Å²) in [5, 5.41) is 7.99. The van der Waals surface area contributed by atoms with Crippen molar-refractivity contribution >= 4 is 33.4 Å². The highest BCUT2D eigenvalue weighted by atomic mass is 79.9. The number of halogens is 2. The maximum atomic E-state index is 12.9. The van der Waals surface area contributed by atoms with Crippen LogP contribution >= 0.6 is 27.5 Å². The predicted molar refractivity (Wildman–Crippen MR) is 108 cm³/mol. The Balaban J connectivity index is 1.63. The van der Waals surface area contributed by atoms with Crippen LogP contribution in [-0.4, -0.2) is 52.1 Å². The molecule has 2 aromatic rings. The number of aromatic nitrogens is 2. The summed E-state index contributed by atoms with van der Waals surface area (Å²) in [5.41, 5.74) is 2.69. The molecular formula is C19H24BrClN4O. The van der Waals surface area contributed by atoms with Gasteiger partial charge in [-0.1, -0.05) is 37.6 Å². The highest BCUT2D eigenvalue weighted by Crippen LogP contribution is 2.26. The van der Waals surface area contributed by atoms with Gasteiger partial charge < -0.3 is 4.90 Å². The topological polar surface area (TPSA) is 52.2 Å². The maximum absolute atomic E-state index is 12.9. The summed E-state index contributed by atoms with van der Waals surface area (Å²) < 4.78 is 0.791. The van der Waals surface area contributed by atoms with Crippen LogP contribution in [0.2, 0.25) is 5.02 Å². The number of carbonyl (C=O) groups is 1. The number of nitrogens with zero attached hydrogens (tertiary/aromatic N) is 3. The van der Waals surface area contributed by atoms with Gasteiger partial charge in [0.1, 0.15) is 0 Å². The Morgan fingerprint density at radius 1 is 1.23 bits per heavy atom. The fourth-order valence-corrected chi connectivity index (χ4v) is 4.13. The van der Waals surface area contributed by atoms with Gasteiger partial charge in [0.15, 0.2) is 5.69 Å². The Bertz CT molecular complexity index is 759. The van der Waals surface area contributed by atoms with Crippen LogP contribution in [0.3, 0.4) is 0 Å². The first kappa shape index (κ1) is 19.4. The van der Waals surface area contributed by atoms with Gasteiger partial charge in [0.2, 0.25) is 0 Å². The van der Waals surface area contributed by atoms with E-state index in [0.29, 0.717) is 12.2 Å². The van der Waals surface area contributed by atoms with E-state index in [1.165, 1.54) is 5.56 Å². The minimum Gasteiger partial charge on any atom is -0.336 e. The van der Waals surface area contributed by atoms with Crippen molar-refractivity contribution < 1.29 is 4.79 Å². The van der Waals surface area contributed by atoms with E-state index in [1.807, 2.05) is 17.0 Å². The molecule has 2 heterocycles. The highest BCUT2D eigenvalue weighted by molar-refractivity contribution is 9.10. The molecule has 1 aromatic carbocycles. The summed E-state index contributed by atoms with van der Waals surface area (Å²) in [4.78, 5) is 17.2. The van der Waals surface area contributed by atoms with E-state index in [9.17, 15) is 4.79 Å². The summed E-state index contributed by atoms with van der Waals surface area (Å²) in [6, 6.07) is 7.97. The van der Waals surface area contributed by atoms with Crippen molar-refractivity contribution in [3.63, 3.8) is 0 Å².